The minimum atomic E-state index is -0.955. The first-order chi connectivity index (χ1) is 20.3. The molecule has 0 heterocycles. The summed E-state index contributed by atoms with van der Waals surface area (Å²) in [6.45, 7) is 8.96. The zero-order valence-electron chi connectivity index (χ0n) is 28.6. The van der Waals surface area contributed by atoms with Gasteiger partial charge in [-0.3, -0.25) is 9.59 Å². The first-order valence-corrected chi connectivity index (χ1v) is 18.3. The number of carbonyl (C=O) groups is 2. The van der Waals surface area contributed by atoms with E-state index >= 15 is 0 Å². The molecule has 0 saturated heterocycles. The van der Waals surface area contributed by atoms with E-state index in [0.717, 1.165) is 43.9 Å². The summed E-state index contributed by atoms with van der Waals surface area (Å²) in [5.41, 5.74) is 0. The normalized spacial score (nSPS) is 12.3. The Morgan fingerprint density at radius 3 is 0.929 bits per heavy atom. The van der Waals surface area contributed by atoms with Crippen molar-refractivity contribution in [2.45, 2.75) is 201 Å². The van der Waals surface area contributed by atoms with Gasteiger partial charge in [-0.1, -0.05) is 169 Å². The summed E-state index contributed by atoms with van der Waals surface area (Å²) < 4.78 is 10.3. The zero-order valence-corrected chi connectivity index (χ0v) is 28.6. The molecule has 0 saturated carbocycles. The summed E-state index contributed by atoms with van der Waals surface area (Å²) in [4.78, 5) is 23.8. The van der Waals surface area contributed by atoms with Gasteiger partial charge in [-0.05, 0) is 24.7 Å². The third-order valence-electron chi connectivity index (χ3n) is 8.20. The van der Waals surface area contributed by atoms with Crippen LogP contribution in [0.15, 0.2) is 0 Å². The van der Waals surface area contributed by atoms with Crippen LogP contribution in [0.25, 0.3) is 0 Å². The molecule has 1 atom stereocenters. The minimum Gasteiger partial charge on any atom is -0.463 e. The van der Waals surface area contributed by atoms with Crippen molar-refractivity contribution >= 4 is 11.9 Å². The first kappa shape index (κ1) is 40.9. The van der Waals surface area contributed by atoms with Gasteiger partial charge in [0.05, 0.1) is 0 Å². The second-order valence-corrected chi connectivity index (χ2v) is 13.7. The molecule has 0 aromatic carbocycles. The average Bonchev–Trinajstić information content (AvgIpc) is 2.95. The zero-order chi connectivity index (χ0) is 31.1. The number of esters is 2. The third kappa shape index (κ3) is 33.4. The molecular weight excluding hydrogens is 524 g/mol. The smallest absolute Gasteiger partial charge is 0.305 e. The van der Waals surface area contributed by atoms with Crippen LogP contribution < -0.4 is 0 Å². The predicted octanol–water partition coefficient (Wildman–Crippen LogP) is 10.9. The summed E-state index contributed by atoms with van der Waals surface area (Å²) in [5.74, 6) is 1.09. The second-order valence-electron chi connectivity index (χ2n) is 13.7. The van der Waals surface area contributed by atoms with E-state index in [0.29, 0.717) is 12.8 Å². The quantitative estimate of drug-likeness (QED) is 0.0617. The van der Waals surface area contributed by atoms with E-state index < -0.39 is 6.10 Å². The number of hydrogen-bond donors (Lipinski definition) is 1. The van der Waals surface area contributed by atoms with Crippen molar-refractivity contribution in [3.05, 3.63) is 0 Å². The van der Waals surface area contributed by atoms with E-state index in [-0.39, 0.29) is 25.2 Å². The lowest BCUT2D eigenvalue weighted by Crippen LogP contribution is -2.25. The van der Waals surface area contributed by atoms with Crippen molar-refractivity contribution in [3.63, 3.8) is 0 Å². The van der Waals surface area contributed by atoms with Crippen molar-refractivity contribution in [1.82, 2.24) is 0 Å². The van der Waals surface area contributed by atoms with E-state index in [4.69, 9.17) is 9.47 Å². The summed E-state index contributed by atoms with van der Waals surface area (Å²) in [5, 5.41) is 9.97. The highest BCUT2D eigenvalue weighted by molar-refractivity contribution is 5.69. The number of rotatable bonds is 32. The van der Waals surface area contributed by atoms with Crippen LogP contribution >= 0.6 is 0 Å². The van der Waals surface area contributed by atoms with E-state index in [9.17, 15) is 14.7 Å². The Morgan fingerprint density at radius 1 is 0.429 bits per heavy atom. The van der Waals surface area contributed by atoms with Gasteiger partial charge in [0.1, 0.15) is 19.3 Å². The molecule has 0 aliphatic rings. The first-order valence-electron chi connectivity index (χ1n) is 18.3. The van der Waals surface area contributed by atoms with Crippen molar-refractivity contribution in [3.8, 4) is 0 Å². The number of aliphatic hydroxyl groups is 1. The molecule has 0 bridgehead atoms. The van der Waals surface area contributed by atoms with Crippen LogP contribution in [0.1, 0.15) is 195 Å². The SMILES string of the molecule is CC(C)CCCCCCCCCCCCCCCCCC(=O)OC[C@@H](O)COC(=O)CCCCCCCCCC(C)C. The second kappa shape index (κ2) is 31.3. The molecule has 0 radical (unpaired) electrons. The van der Waals surface area contributed by atoms with E-state index in [1.165, 1.54) is 122 Å². The Hall–Kier alpha value is -1.10. The van der Waals surface area contributed by atoms with Crippen LogP contribution in [0.2, 0.25) is 0 Å². The maximum absolute atomic E-state index is 11.9. The highest BCUT2D eigenvalue weighted by atomic mass is 16.6. The Bertz CT molecular complexity index is 589. The molecule has 5 nitrogen and oxygen atoms in total. The Morgan fingerprint density at radius 2 is 0.667 bits per heavy atom. The number of unbranched alkanes of at least 4 members (excludes halogenated alkanes) is 20. The van der Waals surface area contributed by atoms with Gasteiger partial charge in [0, 0.05) is 12.8 Å². The van der Waals surface area contributed by atoms with Crippen LogP contribution in [0.4, 0.5) is 0 Å². The van der Waals surface area contributed by atoms with Crippen LogP contribution in [-0.4, -0.2) is 36.4 Å². The molecule has 0 aliphatic heterocycles. The molecule has 42 heavy (non-hydrogen) atoms. The van der Waals surface area contributed by atoms with E-state index in [1.54, 1.807) is 0 Å². The lowest BCUT2D eigenvalue weighted by Gasteiger charge is -2.12. The van der Waals surface area contributed by atoms with E-state index in [2.05, 4.69) is 27.7 Å². The number of aliphatic hydroxyl groups excluding tert-OH is 1. The fourth-order valence-corrected chi connectivity index (χ4v) is 5.40. The molecule has 0 unspecified atom stereocenters. The molecule has 5 heteroatoms. The topological polar surface area (TPSA) is 72.8 Å². The molecule has 0 rings (SSSR count). The van der Waals surface area contributed by atoms with Crippen molar-refractivity contribution < 1.29 is 24.2 Å². The van der Waals surface area contributed by atoms with Gasteiger partial charge in [0.15, 0.2) is 0 Å². The lowest BCUT2D eigenvalue weighted by atomic mass is 10.0. The van der Waals surface area contributed by atoms with Crippen molar-refractivity contribution in [2.24, 2.45) is 11.8 Å². The third-order valence-corrected chi connectivity index (χ3v) is 8.20. The molecule has 0 amide bonds. The van der Waals surface area contributed by atoms with Gasteiger partial charge < -0.3 is 14.6 Å². The fraction of sp³-hybridized carbons (Fsp3) is 0.946. The standard InChI is InChI=1S/C37H72O5/c1-33(2)27-23-19-15-12-10-8-6-5-7-9-11-13-17-21-25-29-36(39)41-31-35(38)32-42-37(40)30-26-22-18-14-16-20-24-28-34(3)4/h33-35,38H,5-32H2,1-4H3/t35-/m1/s1. The summed E-state index contributed by atoms with van der Waals surface area (Å²) in [6.07, 6.45) is 30.2. The average molecular weight is 597 g/mol. The van der Waals surface area contributed by atoms with Crippen molar-refractivity contribution in [1.29, 1.82) is 0 Å². The van der Waals surface area contributed by atoms with Crippen LogP contribution in [0, 0.1) is 11.8 Å². The molecule has 1 N–H and O–H groups in total. The monoisotopic (exact) mass is 597 g/mol. The summed E-state index contributed by atoms with van der Waals surface area (Å²) in [7, 11) is 0. The van der Waals surface area contributed by atoms with Crippen LogP contribution in [-0.2, 0) is 19.1 Å². The van der Waals surface area contributed by atoms with Crippen LogP contribution in [0.5, 0.6) is 0 Å². The highest BCUT2D eigenvalue weighted by Crippen LogP contribution is 2.16. The maximum Gasteiger partial charge on any atom is 0.305 e. The Labute approximate surface area is 261 Å². The van der Waals surface area contributed by atoms with Gasteiger partial charge in [-0.15, -0.1) is 0 Å². The number of hydrogen-bond acceptors (Lipinski definition) is 5. The van der Waals surface area contributed by atoms with Gasteiger partial charge >= 0.3 is 11.9 Å². The molecule has 0 fully saturated rings. The maximum atomic E-state index is 11.9. The van der Waals surface area contributed by atoms with E-state index in [1.807, 2.05) is 0 Å². The van der Waals surface area contributed by atoms with Gasteiger partial charge in [0.2, 0.25) is 0 Å². The predicted molar refractivity (Wildman–Crippen MR) is 178 cm³/mol. The molecule has 0 spiro atoms. The van der Waals surface area contributed by atoms with Gasteiger partial charge in [-0.2, -0.15) is 0 Å². The lowest BCUT2D eigenvalue weighted by molar-refractivity contribution is -0.152. The number of carbonyl (C=O) groups excluding carboxylic acids is 2. The summed E-state index contributed by atoms with van der Waals surface area (Å²) >= 11 is 0. The molecular formula is C37H72O5. The molecule has 0 aliphatic carbocycles. The largest absolute Gasteiger partial charge is 0.463 e. The molecule has 0 aromatic heterocycles. The molecule has 250 valence electrons. The Balaban J connectivity index is 3.38. The van der Waals surface area contributed by atoms with Gasteiger partial charge in [0.25, 0.3) is 0 Å². The van der Waals surface area contributed by atoms with Crippen molar-refractivity contribution in [2.75, 3.05) is 13.2 Å². The minimum absolute atomic E-state index is 0.110. The highest BCUT2D eigenvalue weighted by Gasteiger charge is 2.12. The summed E-state index contributed by atoms with van der Waals surface area (Å²) in [6, 6.07) is 0. The number of ether oxygens (including phenoxy) is 2. The van der Waals surface area contributed by atoms with Gasteiger partial charge in [-0.25, -0.2) is 0 Å². The Kier molecular flexibility index (Phi) is 30.5. The van der Waals surface area contributed by atoms with Crippen LogP contribution in [0.3, 0.4) is 0 Å². The molecule has 0 aromatic rings. The fourth-order valence-electron chi connectivity index (χ4n) is 5.40.